The van der Waals surface area contributed by atoms with Gasteiger partial charge in [0.05, 0.1) is 6.61 Å². The SMILES string of the molecule is CCOc1cccc(-c2nc3n(c2N)C(C)CC(C)C3)c1. The number of benzene rings is 1. The van der Waals surface area contributed by atoms with E-state index in [2.05, 4.69) is 18.4 Å². The molecule has 4 heteroatoms. The van der Waals surface area contributed by atoms with Crippen LogP contribution in [-0.2, 0) is 6.42 Å². The molecule has 0 bridgehead atoms. The Hall–Kier alpha value is -1.97. The fourth-order valence-electron chi connectivity index (χ4n) is 3.32. The molecule has 1 aromatic carbocycles. The minimum absolute atomic E-state index is 0.417. The highest BCUT2D eigenvalue weighted by molar-refractivity contribution is 5.72. The normalized spacial score (nSPS) is 21.1. The topological polar surface area (TPSA) is 53.1 Å². The second-order valence-electron chi connectivity index (χ2n) is 5.99. The van der Waals surface area contributed by atoms with Gasteiger partial charge in [0.15, 0.2) is 0 Å². The van der Waals surface area contributed by atoms with Crippen LogP contribution in [0.2, 0.25) is 0 Å². The minimum Gasteiger partial charge on any atom is -0.494 e. The molecule has 3 rings (SSSR count). The average molecular weight is 285 g/mol. The molecule has 21 heavy (non-hydrogen) atoms. The highest BCUT2D eigenvalue weighted by Crippen LogP contribution is 2.36. The maximum atomic E-state index is 6.38. The third kappa shape index (κ3) is 2.50. The number of fused-ring (bicyclic) bond motifs is 1. The van der Waals surface area contributed by atoms with E-state index < -0.39 is 0 Å². The van der Waals surface area contributed by atoms with Crippen LogP contribution in [0.15, 0.2) is 24.3 Å². The summed E-state index contributed by atoms with van der Waals surface area (Å²) in [6.07, 6.45) is 2.16. The van der Waals surface area contributed by atoms with Gasteiger partial charge in [-0.3, -0.25) is 0 Å². The molecule has 0 saturated heterocycles. The lowest BCUT2D eigenvalue weighted by Gasteiger charge is -2.27. The van der Waals surface area contributed by atoms with Crippen molar-refractivity contribution in [3.63, 3.8) is 0 Å². The zero-order valence-corrected chi connectivity index (χ0v) is 13.0. The van der Waals surface area contributed by atoms with Crippen molar-refractivity contribution in [3.8, 4) is 17.0 Å². The van der Waals surface area contributed by atoms with E-state index in [1.54, 1.807) is 0 Å². The Bertz CT molecular complexity index is 647. The molecule has 2 N–H and O–H groups in total. The van der Waals surface area contributed by atoms with Gasteiger partial charge in [-0.15, -0.1) is 0 Å². The predicted molar refractivity (Wildman–Crippen MR) is 85.4 cm³/mol. The Morgan fingerprint density at radius 3 is 2.95 bits per heavy atom. The van der Waals surface area contributed by atoms with E-state index >= 15 is 0 Å². The summed E-state index contributed by atoms with van der Waals surface area (Å²) in [5, 5.41) is 0. The van der Waals surface area contributed by atoms with E-state index in [0.717, 1.165) is 41.5 Å². The number of hydrogen-bond donors (Lipinski definition) is 1. The van der Waals surface area contributed by atoms with Gasteiger partial charge in [-0.1, -0.05) is 19.1 Å². The highest BCUT2D eigenvalue weighted by Gasteiger charge is 2.26. The smallest absolute Gasteiger partial charge is 0.131 e. The lowest BCUT2D eigenvalue weighted by Crippen LogP contribution is -2.22. The number of anilines is 1. The number of hydrogen-bond acceptors (Lipinski definition) is 3. The summed E-state index contributed by atoms with van der Waals surface area (Å²) in [7, 11) is 0. The van der Waals surface area contributed by atoms with Crippen LogP contribution in [0.25, 0.3) is 11.3 Å². The minimum atomic E-state index is 0.417. The van der Waals surface area contributed by atoms with E-state index in [0.29, 0.717) is 18.6 Å². The summed E-state index contributed by atoms with van der Waals surface area (Å²) < 4.78 is 7.77. The lowest BCUT2D eigenvalue weighted by molar-refractivity contribution is 0.340. The molecular formula is C17H23N3O. The molecule has 0 saturated carbocycles. The van der Waals surface area contributed by atoms with E-state index in [1.165, 1.54) is 0 Å². The number of nitrogen functional groups attached to an aromatic ring is 1. The largest absolute Gasteiger partial charge is 0.494 e. The molecular weight excluding hydrogens is 262 g/mol. The number of ether oxygens (including phenoxy) is 1. The van der Waals surface area contributed by atoms with E-state index in [-0.39, 0.29) is 0 Å². The van der Waals surface area contributed by atoms with Gasteiger partial charge >= 0.3 is 0 Å². The van der Waals surface area contributed by atoms with Crippen molar-refractivity contribution < 1.29 is 4.74 Å². The molecule has 0 amide bonds. The second kappa shape index (κ2) is 5.43. The predicted octanol–water partition coefficient (Wildman–Crippen LogP) is 3.67. The third-order valence-corrected chi connectivity index (χ3v) is 4.15. The van der Waals surface area contributed by atoms with Crippen molar-refractivity contribution in [2.24, 2.45) is 5.92 Å². The van der Waals surface area contributed by atoms with E-state index in [9.17, 15) is 0 Å². The molecule has 112 valence electrons. The zero-order chi connectivity index (χ0) is 15.0. The number of aromatic nitrogens is 2. The summed E-state index contributed by atoms with van der Waals surface area (Å²) in [4.78, 5) is 4.81. The molecule has 2 unspecified atom stereocenters. The summed E-state index contributed by atoms with van der Waals surface area (Å²) in [5.41, 5.74) is 8.29. The molecule has 2 aromatic rings. The van der Waals surface area contributed by atoms with Crippen molar-refractivity contribution in [1.29, 1.82) is 0 Å². The summed E-state index contributed by atoms with van der Waals surface area (Å²) in [5.74, 6) is 3.41. The Morgan fingerprint density at radius 2 is 2.19 bits per heavy atom. The van der Waals surface area contributed by atoms with Gasteiger partial charge in [-0.05, 0) is 38.3 Å². The molecule has 0 spiro atoms. The molecule has 0 radical (unpaired) electrons. The molecule has 1 aliphatic heterocycles. The summed E-state index contributed by atoms with van der Waals surface area (Å²) in [6.45, 7) is 7.14. The van der Waals surface area contributed by atoms with Gasteiger partial charge < -0.3 is 15.0 Å². The van der Waals surface area contributed by atoms with Gasteiger partial charge in [0.25, 0.3) is 0 Å². The van der Waals surface area contributed by atoms with Crippen LogP contribution in [0.5, 0.6) is 5.75 Å². The Balaban J connectivity index is 2.04. The van der Waals surface area contributed by atoms with Gasteiger partial charge in [0.2, 0.25) is 0 Å². The van der Waals surface area contributed by atoms with E-state index in [1.807, 2.05) is 31.2 Å². The molecule has 2 heterocycles. The van der Waals surface area contributed by atoms with Crippen molar-refractivity contribution in [3.05, 3.63) is 30.1 Å². The van der Waals surface area contributed by atoms with Crippen LogP contribution in [0.4, 0.5) is 5.82 Å². The average Bonchev–Trinajstić information content (AvgIpc) is 2.76. The first-order valence-electron chi connectivity index (χ1n) is 7.70. The van der Waals surface area contributed by atoms with Crippen LogP contribution < -0.4 is 10.5 Å². The monoisotopic (exact) mass is 285 g/mol. The summed E-state index contributed by atoms with van der Waals surface area (Å²) in [6, 6.07) is 8.43. The van der Waals surface area contributed by atoms with Crippen molar-refractivity contribution in [2.75, 3.05) is 12.3 Å². The second-order valence-corrected chi connectivity index (χ2v) is 5.99. The number of imidazole rings is 1. The van der Waals surface area contributed by atoms with Crippen LogP contribution in [0, 0.1) is 5.92 Å². The standard InChI is InChI=1S/C17H23N3O/c1-4-21-14-7-5-6-13(10-14)16-17(18)20-12(3)8-11(2)9-15(20)19-16/h5-7,10-12H,4,8-9,18H2,1-3H3. The molecule has 0 fully saturated rings. The van der Waals surface area contributed by atoms with Gasteiger partial charge in [-0.25, -0.2) is 4.98 Å². The first-order chi connectivity index (χ1) is 10.1. The maximum Gasteiger partial charge on any atom is 0.131 e. The van der Waals surface area contributed by atoms with Gasteiger partial charge in [0, 0.05) is 18.0 Å². The number of nitrogens with zero attached hydrogens (tertiary/aromatic N) is 2. The van der Waals surface area contributed by atoms with Gasteiger partial charge in [-0.2, -0.15) is 0 Å². The lowest BCUT2D eigenvalue weighted by atomic mass is 9.95. The number of nitrogens with two attached hydrogens (primary N) is 1. The molecule has 1 aliphatic rings. The third-order valence-electron chi connectivity index (χ3n) is 4.15. The molecule has 0 aliphatic carbocycles. The van der Waals surface area contributed by atoms with Crippen molar-refractivity contribution >= 4 is 5.82 Å². The Kier molecular flexibility index (Phi) is 3.62. The van der Waals surface area contributed by atoms with Crippen molar-refractivity contribution in [2.45, 2.75) is 39.7 Å². The van der Waals surface area contributed by atoms with Crippen LogP contribution >= 0.6 is 0 Å². The fourth-order valence-corrected chi connectivity index (χ4v) is 3.32. The first-order valence-corrected chi connectivity index (χ1v) is 7.70. The Morgan fingerprint density at radius 1 is 1.38 bits per heavy atom. The van der Waals surface area contributed by atoms with Crippen LogP contribution in [0.1, 0.15) is 39.1 Å². The molecule has 1 aromatic heterocycles. The molecule has 2 atom stereocenters. The van der Waals surface area contributed by atoms with Crippen molar-refractivity contribution in [1.82, 2.24) is 9.55 Å². The fraction of sp³-hybridized carbons (Fsp3) is 0.471. The first kappa shape index (κ1) is 14.0. The summed E-state index contributed by atoms with van der Waals surface area (Å²) >= 11 is 0. The zero-order valence-electron chi connectivity index (χ0n) is 13.0. The van der Waals surface area contributed by atoms with E-state index in [4.69, 9.17) is 15.5 Å². The Labute approximate surface area is 125 Å². The quantitative estimate of drug-likeness (QED) is 0.936. The van der Waals surface area contributed by atoms with Crippen LogP contribution in [0.3, 0.4) is 0 Å². The van der Waals surface area contributed by atoms with Crippen LogP contribution in [-0.4, -0.2) is 16.2 Å². The van der Waals surface area contributed by atoms with Gasteiger partial charge in [0.1, 0.15) is 23.1 Å². The highest BCUT2D eigenvalue weighted by atomic mass is 16.5. The maximum absolute atomic E-state index is 6.38. The molecule has 4 nitrogen and oxygen atoms in total. The number of rotatable bonds is 3.